The predicted octanol–water partition coefficient (Wildman–Crippen LogP) is 4.67. The summed E-state index contributed by atoms with van der Waals surface area (Å²) < 4.78 is 25.0. The van der Waals surface area contributed by atoms with Crippen molar-refractivity contribution in [3.8, 4) is 23.3 Å². The third-order valence-corrected chi connectivity index (χ3v) is 2.93. The normalized spacial score (nSPS) is 11.5. The second-order valence-electron chi connectivity index (χ2n) is 4.04. The molecule has 0 N–H and O–H groups in total. The quantitative estimate of drug-likeness (QED) is 0.815. The summed E-state index contributed by atoms with van der Waals surface area (Å²) in [7, 11) is 0. The van der Waals surface area contributed by atoms with Crippen LogP contribution in [0.25, 0.3) is 0 Å². The Morgan fingerprint density at radius 1 is 1.15 bits per heavy atom. The summed E-state index contributed by atoms with van der Waals surface area (Å²) in [6, 6.07) is 13.2. The van der Waals surface area contributed by atoms with Gasteiger partial charge in [-0.25, -0.2) is 4.39 Å². The SMILES string of the molecule is C[C@H](C#N)Oc1ccc(Oc2ccc(Br)cc2F)cc1. The van der Waals surface area contributed by atoms with E-state index >= 15 is 0 Å². The van der Waals surface area contributed by atoms with Crippen LogP contribution in [0.15, 0.2) is 46.9 Å². The van der Waals surface area contributed by atoms with E-state index < -0.39 is 11.9 Å². The average Bonchev–Trinajstić information content (AvgIpc) is 2.44. The second-order valence-corrected chi connectivity index (χ2v) is 4.95. The number of hydrogen-bond acceptors (Lipinski definition) is 3. The van der Waals surface area contributed by atoms with Gasteiger partial charge in [-0.3, -0.25) is 0 Å². The van der Waals surface area contributed by atoms with Gasteiger partial charge in [0.25, 0.3) is 0 Å². The molecule has 1 atom stereocenters. The summed E-state index contributed by atoms with van der Waals surface area (Å²) in [6.45, 7) is 1.65. The lowest BCUT2D eigenvalue weighted by atomic mass is 10.3. The molecule has 0 unspecified atom stereocenters. The van der Waals surface area contributed by atoms with Crippen LogP contribution in [0.4, 0.5) is 4.39 Å². The fourth-order valence-corrected chi connectivity index (χ4v) is 1.83. The number of nitriles is 1. The maximum atomic E-state index is 13.6. The van der Waals surface area contributed by atoms with Gasteiger partial charge < -0.3 is 9.47 Å². The number of rotatable bonds is 4. The lowest BCUT2D eigenvalue weighted by Crippen LogP contribution is -2.07. The molecule has 0 amide bonds. The number of ether oxygens (including phenoxy) is 2. The molecule has 0 bridgehead atoms. The standard InChI is InChI=1S/C15H11BrFNO2/c1-10(9-18)19-12-3-5-13(6-4-12)20-15-7-2-11(16)8-14(15)17/h2-8,10H,1H3/t10-/m1/s1. The molecule has 2 aromatic carbocycles. The molecule has 2 aromatic rings. The van der Waals surface area contributed by atoms with E-state index in [1.165, 1.54) is 6.07 Å². The van der Waals surface area contributed by atoms with E-state index in [-0.39, 0.29) is 5.75 Å². The lowest BCUT2D eigenvalue weighted by molar-refractivity contribution is 0.276. The van der Waals surface area contributed by atoms with Gasteiger partial charge in [0, 0.05) is 4.47 Å². The fraction of sp³-hybridized carbons (Fsp3) is 0.133. The van der Waals surface area contributed by atoms with Crippen molar-refractivity contribution in [1.29, 1.82) is 5.26 Å². The molecule has 0 radical (unpaired) electrons. The number of benzene rings is 2. The predicted molar refractivity (Wildman–Crippen MR) is 76.3 cm³/mol. The highest BCUT2D eigenvalue weighted by atomic mass is 79.9. The van der Waals surface area contributed by atoms with Crippen LogP contribution >= 0.6 is 15.9 Å². The summed E-state index contributed by atoms with van der Waals surface area (Å²) in [5.41, 5.74) is 0. The van der Waals surface area contributed by atoms with Gasteiger partial charge in [0.05, 0.1) is 0 Å². The molecule has 0 aliphatic heterocycles. The van der Waals surface area contributed by atoms with Crippen molar-refractivity contribution in [2.45, 2.75) is 13.0 Å². The highest BCUT2D eigenvalue weighted by Gasteiger charge is 2.06. The lowest BCUT2D eigenvalue weighted by Gasteiger charge is -2.10. The van der Waals surface area contributed by atoms with Gasteiger partial charge in [0.2, 0.25) is 0 Å². The molecule has 0 spiro atoms. The molecule has 0 aromatic heterocycles. The van der Waals surface area contributed by atoms with Gasteiger partial charge in [-0.2, -0.15) is 5.26 Å². The molecule has 3 nitrogen and oxygen atoms in total. The van der Waals surface area contributed by atoms with E-state index in [1.54, 1.807) is 43.3 Å². The largest absolute Gasteiger partial charge is 0.476 e. The monoisotopic (exact) mass is 335 g/mol. The first-order valence-electron chi connectivity index (χ1n) is 5.88. The van der Waals surface area contributed by atoms with Gasteiger partial charge in [0.15, 0.2) is 17.7 Å². The number of hydrogen-bond donors (Lipinski definition) is 0. The van der Waals surface area contributed by atoms with Crippen molar-refractivity contribution in [3.05, 3.63) is 52.8 Å². The van der Waals surface area contributed by atoms with Crippen LogP contribution in [0.2, 0.25) is 0 Å². The third kappa shape index (κ3) is 3.72. The van der Waals surface area contributed by atoms with Crippen LogP contribution in [0.3, 0.4) is 0 Å². The van der Waals surface area contributed by atoms with Crippen molar-refractivity contribution in [2.75, 3.05) is 0 Å². The molecule has 0 saturated carbocycles. The first kappa shape index (κ1) is 14.4. The van der Waals surface area contributed by atoms with Crippen LogP contribution in [-0.4, -0.2) is 6.10 Å². The van der Waals surface area contributed by atoms with Crippen LogP contribution in [-0.2, 0) is 0 Å². The molecular formula is C15H11BrFNO2. The van der Waals surface area contributed by atoms with Crippen LogP contribution in [0.1, 0.15) is 6.92 Å². The van der Waals surface area contributed by atoms with E-state index in [4.69, 9.17) is 14.7 Å². The summed E-state index contributed by atoms with van der Waals surface area (Å²) in [6.07, 6.45) is -0.523. The maximum Gasteiger partial charge on any atom is 0.181 e. The van der Waals surface area contributed by atoms with Gasteiger partial charge in [0.1, 0.15) is 17.6 Å². The minimum Gasteiger partial charge on any atom is -0.476 e. The molecule has 20 heavy (non-hydrogen) atoms. The summed E-state index contributed by atoms with van der Waals surface area (Å²) in [5, 5.41) is 8.65. The minimum absolute atomic E-state index is 0.146. The Hall–Kier alpha value is -2.06. The van der Waals surface area contributed by atoms with Gasteiger partial charge >= 0.3 is 0 Å². The van der Waals surface area contributed by atoms with E-state index in [1.807, 2.05) is 6.07 Å². The van der Waals surface area contributed by atoms with Crippen LogP contribution in [0, 0.1) is 17.1 Å². The highest BCUT2D eigenvalue weighted by molar-refractivity contribution is 9.10. The molecule has 2 rings (SSSR count). The van der Waals surface area contributed by atoms with Crippen molar-refractivity contribution >= 4 is 15.9 Å². The zero-order valence-electron chi connectivity index (χ0n) is 10.6. The smallest absolute Gasteiger partial charge is 0.181 e. The van der Waals surface area contributed by atoms with Crippen molar-refractivity contribution in [1.82, 2.24) is 0 Å². The molecular weight excluding hydrogens is 325 g/mol. The van der Waals surface area contributed by atoms with Crippen LogP contribution < -0.4 is 9.47 Å². The fourth-order valence-electron chi connectivity index (χ4n) is 1.50. The Bertz CT molecular complexity index is 637. The molecule has 0 aliphatic carbocycles. The Kier molecular flexibility index (Phi) is 4.59. The van der Waals surface area contributed by atoms with E-state index in [2.05, 4.69) is 15.9 Å². The van der Waals surface area contributed by atoms with Gasteiger partial charge in [-0.15, -0.1) is 0 Å². The average molecular weight is 336 g/mol. The molecule has 102 valence electrons. The molecule has 0 heterocycles. The summed E-state index contributed by atoms with van der Waals surface area (Å²) >= 11 is 3.18. The zero-order chi connectivity index (χ0) is 14.5. The molecule has 0 fully saturated rings. The Balaban J connectivity index is 2.09. The van der Waals surface area contributed by atoms with Crippen molar-refractivity contribution in [3.63, 3.8) is 0 Å². The Morgan fingerprint density at radius 3 is 2.40 bits per heavy atom. The minimum atomic E-state index is -0.523. The van der Waals surface area contributed by atoms with E-state index in [0.717, 1.165) is 0 Å². The highest BCUT2D eigenvalue weighted by Crippen LogP contribution is 2.28. The Morgan fingerprint density at radius 2 is 1.80 bits per heavy atom. The van der Waals surface area contributed by atoms with Crippen LogP contribution in [0.5, 0.6) is 17.2 Å². The number of nitrogens with zero attached hydrogens (tertiary/aromatic N) is 1. The van der Waals surface area contributed by atoms with E-state index in [9.17, 15) is 4.39 Å². The van der Waals surface area contributed by atoms with Crippen molar-refractivity contribution in [2.24, 2.45) is 0 Å². The maximum absolute atomic E-state index is 13.6. The zero-order valence-corrected chi connectivity index (χ0v) is 12.2. The third-order valence-electron chi connectivity index (χ3n) is 2.44. The topological polar surface area (TPSA) is 42.2 Å². The molecule has 0 saturated heterocycles. The summed E-state index contributed by atoms with van der Waals surface area (Å²) in [4.78, 5) is 0. The first-order valence-corrected chi connectivity index (χ1v) is 6.67. The number of halogens is 2. The second kappa shape index (κ2) is 6.40. The first-order chi connectivity index (χ1) is 9.58. The Labute approximate surface area is 124 Å². The van der Waals surface area contributed by atoms with Crippen molar-refractivity contribution < 1.29 is 13.9 Å². The van der Waals surface area contributed by atoms with Gasteiger partial charge in [-0.05, 0) is 49.4 Å². The molecule has 5 heteroatoms. The molecule has 0 aliphatic rings. The van der Waals surface area contributed by atoms with E-state index in [0.29, 0.717) is 16.0 Å². The summed E-state index contributed by atoms with van der Waals surface area (Å²) in [5.74, 6) is 0.746. The van der Waals surface area contributed by atoms with Gasteiger partial charge in [-0.1, -0.05) is 15.9 Å².